The highest BCUT2D eigenvalue weighted by atomic mass is 35.5. The van der Waals surface area contributed by atoms with Gasteiger partial charge >= 0.3 is 0 Å². The molecule has 2 nitrogen and oxygen atoms in total. The molecule has 1 saturated carbocycles. The van der Waals surface area contributed by atoms with Crippen molar-refractivity contribution in [3.05, 3.63) is 41.6 Å². The third-order valence-corrected chi connectivity index (χ3v) is 5.36. The van der Waals surface area contributed by atoms with Crippen molar-refractivity contribution in [3.63, 3.8) is 0 Å². The van der Waals surface area contributed by atoms with E-state index in [2.05, 4.69) is 55.3 Å². The Morgan fingerprint density at radius 3 is 2.80 bits per heavy atom. The first kappa shape index (κ1) is 13.8. The van der Waals surface area contributed by atoms with E-state index in [1.54, 1.807) is 0 Å². The molecule has 1 N–H and O–H groups in total. The average molecular weight is 289 g/mol. The Kier molecular flexibility index (Phi) is 3.47. The van der Waals surface area contributed by atoms with E-state index in [0.717, 1.165) is 24.2 Å². The van der Waals surface area contributed by atoms with Gasteiger partial charge in [-0.1, -0.05) is 32.0 Å². The highest BCUT2D eigenvalue weighted by Gasteiger charge is 2.46. The van der Waals surface area contributed by atoms with E-state index in [4.69, 9.17) is 11.6 Å². The van der Waals surface area contributed by atoms with Gasteiger partial charge in [-0.25, -0.2) is 0 Å². The first-order valence-electron chi connectivity index (χ1n) is 7.21. The molecule has 3 rings (SSSR count). The zero-order valence-electron chi connectivity index (χ0n) is 12.3. The minimum Gasteiger partial charge on any atom is -0.309 e. The molecule has 2 unspecified atom stereocenters. The van der Waals surface area contributed by atoms with E-state index in [1.807, 2.05) is 6.07 Å². The highest BCUT2D eigenvalue weighted by molar-refractivity contribution is 6.21. The van der Waals surface area contributed by atoms with Crippen LogP contribution in [0, 0.1) is 12.3 Å². The molecule has 0 bridgehead atoms. The molecule has 0 aliphatic heterocycles. The van der Waals surface area contributed by atoms with Crippen LogP contribution in [-0.2, 0) is 6.54 Å². The average Bonchev–Trinajstić information content (AvgIpc) is 2.42. The Labute approximate surface area is 125 Å². The van der Waals surface area contributed by atoms with Gasteiger partial charge in [0.05, 0.1) is 5.52 Å². The number of hydrogen-bond acceptors (Lipinski definition) is 2. The molecular weight excluding hydrogens is 268 g/mol. The largest absolute Gasteiger partial charge is 0.309 e. The predicted octanol–water partition coefficient (Wildman–Crippen LogP) is 4.04. The summed E-state index contributed by atoms with van der Waals surface area (Å²) < 4.78 is 0. The van der Waals surface area contributed by atoms with Gasteiger partial charge in [-0.15, -0.1) is 11.6 Å². The summed E-state index contributed by atoms with van der Waals surface area (Å²) in [4.78, 5) is 4.59. The zero-order chi connectivity index (χ0) is 14.3. The number of rotatable bonds is 3. The van der Waals surface area contributed by atoms with Crippen molar-refractivity contribution in [2.75, 3.05) is 0 Å². The molecule has 1 aliphatic rings. The number of halogens is 1. The second-order valence-electron chi connectivity index (χ2n) is 6.40. The second-order valence-corrected chi connectivity index (χ2v) is 6.92. The number of benzene rings is 1. The molecule has 20 heavy (non-hydrogen) atoms. The van der Waals surface area contributed by atoms with E-state index < -0.39 is 0 Å². The van der Waals surface area contributed by atoms with Crippen LogP contribution in [0.1, 0.15) is 31.5 Å². The first-order chi connectivity index (χ1) is 9.48. The van der Waals surface area contributed by atoms with Crippen LogP contribution < -0.4 is 5.32 Å². The summed E-state index contributed by atoms with van der Waals surface area (Å²) in [5.41, 5.74) is 3.65. The molecule has 1 aromatic heterocycles. The smallest absolute Gasteiger partial charge is 0.0708 e. The number of hydrogen-bond donors (Lipinski definition) is 1. The zero-order valence-corrected chi connectivity index (χ0v) is 13.0. The lowest BCUT2D eigenvalue weighted by molar-refractivity contribution is 0.115. The van der Waals surface area contributed by atoms with Crippen LogP contribution in [-0.4, -0.2) is 16.4 Å². The van der Waals surface area contributed by atoms with Crippen molar-refractivity contribution in [2.45, 2.75) is 45.2 Å². The van der Waals surface area contributed by atoms with Crippen molar-refractivity contribution < 1.29 is 0 Å². The maximum atomic E-state index is 6.29. The van der Waals surface area contributed by atoms with Crippen LogP contribution >= 0.6 is 11.6 Å². The Hall–Kier alpha value is -1.12. The molecule has 1 aromatic carbocycles. The van der Waals surface area contributed by atoms with Crippen LogP contribution in [0.3, 0.4) is 0 Å². The van der Waals surface area contributed by atoms with Crippen molar-refractivity contribution in [3.8, 4) is 0 Å². The lowest BCUT2D eigenvalue weighted by Gasteiger charge is -2.49. The number of aryl methyl sites for hydroxylation is 1. The molecule has 1 fully saturated rings. The molecule has 0 radical (unpaired) electrons. The van der Waals surface area contributed by atoms with E-state index in [0.29, 0.717) is 6.04 Å². The molecule has 1 heterocycles. The lowest BCUT2D eigenvalue weighted by Crippen LogP contribution is -2.57. The van der Waals surface area contributed by atoms with Gasteiger partial charge in [0.1, 0.15) is 0 Å². The van der Waals surface area contributed by atoms with Crippen LogP contribution in [0.5, 0.6) is 0 Å². The molecule has 0 amide bonds. The van der Waals surface area contributed by atoms with Gasteiger partial charge in [0, 0.05) is 29.0 Å². The maximum absolute atomic E-state index is 6.29. The van der Waals surface area contributed by atoms with Gasteiger partial charge < -0.3 is 5.32 Å². The molecule has 3 heteroatoms. The summed E-state index contributed by atoms with van der Waals surface area (Å²) in [6.45, 7) is 7.41. The Balaban J connectivity index is 1.81. The maximum Gasteiger partial charge on any atom is 0.0708 e. The first-order valence-corrected chi connectivity index (χ1v) is 7.65. The summed E-state index contributed by atoms with van der Waals surface area (Å²) in [6, 6.07) is 11.0. The van der Waals surface area contributed by atoms with E-state index in [9.17, 15) is 0 Å². The number of alkyl halides is 1. The Morgan fingerprint density at radius 2 is 2.10 bits per heavy atom. The molecule has 2 aromatic rings. The molecule has 0 saturated heterocycles. The minimum atomic E-state index is 0.180. The van der Waals surface area contributed by atoms with Crippen LogP contribution in [0.4, 0.5) is 0 Å². The Bertz CT molecular complexity index is 636. The van der Waals surface area contributed by atoms with Gasteiger partial charge in [-0.05, 0) is 36.5 Å². The van der Waals surface area contributed by atoms with Crippen LogP contribution in [0.2, 0.25) is 0 Å². The van der Waals surface area contributed by atoms with E-state index in [1.165, 1.54) is 10.9 Å². The van der Waals surface area contributed by atoms with Gasteiger partial charge in [-0.2, -0.15) is 0 Å². The van der Waals surface area contributed by atoms with Crippen molar-refractivity contribution >= 4 is 22.5 Å². The fourth-order valence-electron chi connectivity index (χ4n) is 2.99. The lowest BCUT2D eigenvalue weighted by atomic mass is 9.66. The van der Waals surface area contributed by atoms with Crippen LogP contribution in [0.15, 0.2) is 30.3 Å². The second kappa shape index (κ2) is 5.01. The monoisotopic (exact) mass is 288 g/mol. The van der Waals surface area contributed by atoms with Crippen LogP contribution in [0.25, 0.3) is 10.9 Å². The van der Waals surface area contributed by atoms with E-state index >= 15 is 0 Å². The number of fused-ring (bicyclic) bond motifs is 1. The molecule has 106 valence electrons. The number of nitrogens with zero attached hydrogens (tertiary/aromatic N) is 1. The van der Waals surface area contributed by atoms with Crippen molar-refractivity contribution in [1.82, 2.24) is 10.3 Å². The fourth-order valence-corrected chi connectivity index (χ4v) is 3.32. The molecular formula is C17H21ClN2. The van der Waals surface area contributed by atoms with Gasteiger partial charge in [0.2, 0.25) is 0 Å². The van der Waals surface area contributed by atoms with E-state index in [-0.39, 0.29) is 10.8 Å². The van der Waals surface area contributed by atoms with Gasteiger partial charge in [0.15, 0.2) is 0 Å². The third kappa shape index (κ3) is 2.32. The van der Waals surface area contributed by atoms with Crippen molar-refractivity contribution in [2.24, 2.45) is 5.41 Å². The summed E-state index contributed by atoms with van der Waals surface area (Å²) >= 11 is 6.29. The Morgan fingerprint density at radius 1 is 1.35 bits per heavy atom. The van der Waals surface area contributed by atoms with Gasteiger partial charge in [0.25, 0.3) is 0 Å². The van der Waals surface area contributed by atoms with Crippen molar-refractivity contribution in [1.29, 1.82) is 0 Å². The highest BCUT2D eigenvalue weighted by Crippen LogP contribution is 2.44. The molecule has 1 aliphatic carbocycles. The topological polar surface area (TPSA) is 24.9 Å². The fraction of sp³-hybridized carbons (Fsp3) is 0.471. The third-order valence-electron chi connectivity index (χ3n) is 4.62. The molecule has 0 spiro atoms. The normalized spacial score (nSPS) is 24.6. The minimum absolute atomic E-state index is 0.180. The van der Waals surface area contributed by atoms with Gasteiger partial charge in [-0.3, -0.25) is 4.98 Å². The summed E-state index contributed by atoms with van der Waals surface area (Å²) in [5, 5.41) is 5.19. The predicted molar refractivity (Wildman–Crippen MR) is 85.1 cm³/mol. The standard InChI is InChI=1S/C17H21ClN2/c1-11-8-12(13-6-4-5-7-14(13)20-11)10-19-16-9-15(18)17(16,2)3/h4-8,15-16,19H,9-10H2,1-3H3. The number of aromatic nitrogens is 1. The summed E-state index contributed by atoms with van der Waals surface area (Å²) in [5.74, 6) is 0. The SMILES string of the molecule is Cc1cc(CNC2CC(Cl)C2(C)C)c2ccccc2n1. The number of para-hydroxylation sites is 1. The molecule has 2 atom stereocenters. The quantitative estimate of drug-likeness (QED) is 0.862. The summed E-state index contributed by atoms with van der Waals surface area (Å²) in [7, 11) is 0. The summed E-state index contributed by atoms with van der Waals surface area (Å²) in [6.07, 6.45) is 1.05. The number of nitrogens with one attached hydrogen (secondary N) is 1. The number of pyridine rings is 1.